The Hall–Kier alpha value is -5.30. The smallest absolute Gasteiger partial charge is 0.344 e. The molecule has 0 aromatic rings. The van der Waals surface area contributed by atoms with Crippen LogP contribution in [0.15, 0.2) is 0 Å². The molecule has 0 aromatic carbocycles. The molecule has 0 N–H and O–H groups in total. The molecule has 0 radical (unpaired) electrons. The summed E-state index contributed by atoms with van der Waals surface area (Å²) in [7, 11) is 0. The highest BCUT2D eigenvalue weighted by Crippen LogP contribution is 2.63. The predicted octanol–water partition coefficient (Wildman–Crippen LogP) is 22.9. The summed E-state index contributed by atoms with van der Waals surface area (Å²) in [5.74, 6) is 1.88. The van der Waals surface area contributed by atoms with E-state index in [0.717, 1.165) is 114 Å². The number of rotatable bonds is 28. The van der Waals surface area contributed by atoms with Gasteiger partial charge >= 0.3 is 59.7 Å². The maximum absolute atomic E-state index is 12.6. The van der Waals surface area contributed by atoms with Crippen molar-refractivity contribution >= 4 is 59.7 Å². The lowest BCUT2D eigenvalue weighted by atomic mass is 9.47. The van der Waals surface area contributed by atoms with Crippen LogP contribution in [0, 0.1) is 80.3 Å². The summed E-state index contributed by atoms with van der Waals surface area (Å²) in [6.07, 6.45) is 30.7. The first-order valence-electron chi connectivity index (χ1n) is 45.9. The van der Waals surface area contributed by atoms with Crippen molar-refractivity contribution in [2.75, 3.05) is 33.0 Å². The van der Waals surface area contributed by atoms with Crippen LogP contribution in [0.5, 0.6) is 0 Å². The lowest BCUT2D eigenvalue weighted by Gasteiger charge is -2.61. The van der Waals surface area contributed by atoms with Gasteiger partial charge < -0.3 is 47.4 Å². The lowest BCUT2D eigenvalue weighted by Crippen LogP contribution is -2.62. The van der Waals surface area contributed by atoms with Crippen molar-refractivity contribution in [2.45, 2.75) is 435 Å². The maximum Gasteiger partial charge on any atom is 0.344 e. The van der Waals surface area contributed by atoms with Gasteiger partial charge in [-0.1, -0.05) is 138 Å². The fourth-order valence-electron chi connectivity index (χ4n) is 17.8. The minimum atomic E-state index is -0.557. The minimum absolute atomic E-state index is 0.254. The lowest BCUT2D eigenvalue weighted by molar-refractivity contribution is -0.228. The van der Waals surface area contributed by atoms with Crippen LogP contribution in [0.25, 0.3) is 0 Å². The molecular formula is C95H172O20. The van der Waals surface area contributed by atoms with E-state index in [4.69, 9.17) is 47.4 Å². The Morgan fingerprint density at radius 1 is 0.296 bits per heavy atom. The van der Waals surface area contributed by atoms with Crippen molar-refractivity contribution in [1.29, 1.82) is 0 Å². The molecule has 11 aliphatic carbocycles. The van der Waals surface area contributed by atoms with Crippen LogP contribution in [0.2, 0.25) is 0 Å². The molecule has 0 unspecified atom stereocenters. The molecule has 0 saturated heterocycles. The Morgan fingerprint density at radius 3 is 0.765 bits per heavy atom. The molecule has 0 aliphatic heterocycles. The quantitative estimate of drug-likeness (QED) is 0.0520. The van der Waals surface area contributed by atoms with E-state index in [9.17, 15) is 47.9 Å². The molecule has 11 rings (SSSR count). The average molecular weight is 1630 g/mol. The third-order valence-electron chi connectivity index (χ3n) is 26.6. The molecule has 0 aromatic heterocycles. The monoisotopic (exact) mass is 1630 g/mol. The minimum Gasteiger partial charge on any atom is -0.457 e. The van der Waals surface area contributed by atoms with Crippen molar-refractivity contribution in [3.63, 3.8) is 0 Å². The third-order valence-corrected chi connectivity index (χ3v) is 26.6. The van der Waals surface area contributed by atoms with Gasteiger partial charge in [0, 0.05) is 0 Å². The molecule has 20 heteroatoms. The predicted molar refractivity (Wildman–Crippen MR) is 457 cm³/mol. The summed E-state index contributed by atoms with van der Waals surface area (Å²) in [5, 5.41) is 0. The highest BCUT2D eigenvalue weighted by molar-refractivity contribution is 5.83. The van der Waals surface area contributed by atoms with Gasteiger partial charge in [0.15, 0.2) is 33.0 Å². The van der Waals surface area contributed by atoms with Crippen LogP contribution in [-0.4, -0.2) is 121 Å². The van der Waals surface area contributed by atoms with Crippen molar-refractivity contribution in [1.82, 2.24) is 0 Å². The van der Waals surface area contributed by atoms with Crippen LogP contribution in [0.4, 0.5) is 0 Å². The second kappa shape index (κ2) is 51.3. The van der Waals surface area contributed by atoms with Gasteiger partial charge in [0.25, 0.3) is 0 Å². The van der Waals surface area contributed by atoms with E-state index < -0.39 is 45.0 Å². The molecule has 0 spiro atoms. The summed E-state index contributed by atoms with van der Waals surface area (Å²) < 4.78 is 54.1. The van der Waals surface area contributed by atoms with E-state index in [2.05, 4.69) is 20.8 Å². The van der Waals surface area contributed by atoms with Crippen molar-refractivity contribution < 1.29 is 95.3 Å². The molecule has 11 saturated carbocycles. The van der Waals surface area contributed by atoms with Crippen LogP contribution in [0.1, 0.15) is 407 Å². The normalized spacial score (nSPS) is 25.0. The van der Waals surface area contributed by atoms with Crippen molar-refractivity contribution in [3.8, 4) is 0 Å². The number of carbonyl (C=O) groups is 10. The first-order valence-corrected chi connectivity index (χ1v) is 45.9. The standard InChI is InChI=1S/C21H34O4.C20H32O4.2C15H26O4.C14H24O4.5C2H6/c1-6-20(4,5)19(23)24-12-18(22)25-21(13(2)3)16-8-14-7-15(10-16)11-17(21)9-14;1-5-19(3,4)18(22)23-12-17(21)24-20(6-2)15-8-13-7-14(10-15)11-16(20)9-13;1-5-14(2,3)13(17)18-11-12(16)19-15(4)9-7-6-8-10-15;1-5-14(3,4)13(17)18-11-12(16)19-15(6-2)9-7-8-10-15;1-5-13(2,3)12(16)17-10-11(15)18-14(4)8-6-7-9-14;5*1-2/h13-17H,6-12H2,1-5H3;13-16H,5-12H2,1-4H3;2*5-11H2,1-4H3;5-10H2,1-4H3;5*1-2H3. The molecule has 0 heterocycles. The number of esters is 10. The van der Waals surface area contributed by atoms with Gasteiger partial charge in [0.2, 0.25) is 0 Å². The van der Waals surface area contributed by atoms with Crippen molar-refractivity contribution in [2.24, 2.45) is 80.3 Å². The van der Waals surface area contributed by atoms with E-state index in [-0.39, 0.29) is 103 Å². The average Bonchev–Trinajstić information content (AvgIpc) is 1.72. The summed E-state index contributed by atoms with van der Waals surface area (Å²) in [6, 6.07) is 0. The highest BCUT2D eigenvalue weighted by Gasteiger charge is 2.62. The molecule has 0 atom stereocenters. The van der Waals surface area contributed by atoms with Crippen LogP contribution in [0.3, 0.4) is 0 Å². The molecule has 115 heavy (non-hydrogen) atoms. The number of ether oxygens (including phenoxy) is 10. The summed E-state index contributed by atoms with van der Waals surface area (Å²) in [5.41, 5.74) is -4.45. The van der Waals surface area contributed by atoms with Gasteiger partial charge in [0.1, 0.15) is 28.0 Å². The topological polar surface area (TPSA) is 263 Å². The van der Waals surface area contributed by atoms with E-state index in [0.29, 0.717) is 61.7 Å². The van der Waals surface area contributed by atoms with E-state index in [1.54, 1.807) is 13.8 Å². The second-order valence-corrected chi connectivity index (χ2v) is 36.8. The summed E-state index contributed by atoms with van der Waals surface area (Å²) >= 11 is 0. The fourth-order valence-corrected chi connectivity index (χ4v) is 17.8. The molecule has 11 aliphatic rings. The molecular weight excluding hydrogens is 1460 g/mol. The Morgan fingerprint density at radius 2 is 0.522 bits per heavy atom. The fraction of sp³-hybridized carbons (Fsp3) is 0.895. The Kier molecular flexibility index (Phi) is 49.0. The van der Waals surface area contributed by atoms with Crippen molar-refractivity contribution in [3.05, 3.63) is 0 Å². The molecule has 8 bridgehead atoms. The first kappa shape index (κ1) is 110. The van der Waals surface area contributed by atoms with Gasteiger partial charge in [-0.2, -0.15) is 0 Å². The highest BCUT2D eigenvalue weighted by atomic mass is 16.6. The maximum atomic E-state index is 12.6. The molecule has 0 amide bonds. The van der Waals surface area contributed by atoms with E-state index in [1.165, 1.54) is 70.6 Å². The second-order valence-electron chi connectivity index (χ2n) is 36.8. The Labute approximate surface area is 700 Å². The Bertz CT molecular complexity index is 2840. The van der Waals surface area contributed by atoms with Gasteiger partial charge in [-0.05, 0) is 323 Å². The zero-order valence-electron chi connectivity index (χ0n) is 79.1. The van der Waals surface area contributed by atoms with Gasteiger partial charge in [0.05, 0.1) is 27.1 Å². The SMILES string of the molecule is CC.CC.CC.CC.CC.CCC(C)(C)C(=O)OCC(=O)OC1(C(C)C)C2CC3CC(C2)CC1C3.CCC(C)(C)C(=O)OCC(=O)OC1(C)CCCC1.CCC(C)(C)C(=O)OCC(=O)OC1(C)CCCCC1.CCC(C)(C)C(=O)OCC(=O)OC1(CC)C2CC3CC(C2)CC1C3.CCC1(OC(=O)COC(=O)C(C)(C)CC)CCCC1. The molecule has 672 valence electrons. The number of hydrogen-bond acceptors (Lipinski definition) is 20. The zero-order chi connectivity index (χ0) is 88.8. The van der Waals surface area contributed by atoms with Gasteiger partial charge in [-0.15, -0.1) is 0 Å². The number of carbonyl (C=O) groups excluding carboxylic acids is 10. The van der Waals surface area contributed by atoms with Gasteiger partial charge in [-0.3, -0.25) is 24.0 Å². The third kappa shape index (κ3) is 33.0. The zero-order valence-corrected chi connectivity index (χ0v) is 79.1. The largest absolute Gasteiger partial charge is 0.457 e. The first-order chi connectivity index (χ1) is 53.9. The van der Waals surface area contributed by atoms with Crippen LogP contribution >= 0.6 is 0 Å². The molecule has 20 nitrogen and oxygen atoms in total. The van der Waals surface area contributed by atoms with E-state index >= 15 is 0 Å². The van der Waals surface area contributed by atoms with E-state index in [1.807, 2.05) is 180 Å². The Balaban J connectivity index is 0.00000138. The van der Waals surface area contributed by atoms with Gasteiger partial charge in [-0.25, -0.2) is 24.0 Å². The summed E-state index contributed by atoms with van der Waals surface area (Å²) in [6.45, 7) is 58.9. The van der Waals surface area contributed by atoms with Crippen LogP contribution < -0.4 is 0 Å². The number of hydrogen-bond donors (Lipinski definition) is 0. The van der Waals surface area contributed by atoms with Crippen LogP contribution in [-0.2, 0) is 95.3 Å². The molecule has 11 fully saturated rings. The summed E-state index contributed by atoms with van der Waals surface area (Å²) in [4.78, 5) is 119.